The maximum absolute atomic E-state index is 13.2. The Balaban J connectivity index is 1.98. The molecule has 0 bridgehead atoms. The van der Waals surface area contributed by atoms with Crippen molar-refractivity contribution in [2.24, 2.45) is 0 Å². The zero-order chi connectivity index (χ0) is 30.6. The summed E-state index contributed by atoms with van der Waals surface area (Å²) in [4.78, 5) is 43.5. The van der Waals surface area contributed by atoms with E-state index in [4.69, 9.17) is 14.2 Å². The van der Waals surface area contributed by atoms with Crippen LogP contribution in [0.2, 0.25) is 0 Å². The Bertz CT molecular complexity index is 1470. The van der Waals surface area contributed by atoms with Crippen molar-refractivity contribution in [2.45, 2.75) is 73.3 Å². The normalized spacial score (nSPS) is 11.2. The van der Waals surface area contributed by atoms with Crippen LogP contribution >= 0.6 is 0 Å². The lowest BCUT2D eigenvalue weighted by Crippen LogP contribution is -2.07. The second-order valence-electron chi connectivity index (χ2n) is 9.84. The number of hydrogen-bond donors (Lipinski definition) is 2. The van der Waals surface area contributed by atoms with Crippen molar-refractivity contribution in [3.05, 3.63) is 86.5 Å². The minimum Gasteiger partial charge on any atom is -0.466 e. The summed E-state index contributed by atoms with van der Waals surface area (Å²) >= 11 is 0. The fourth-order valence-corrected chi connectivity index (χ4v) is 5.08. The quantitative estimate of drug-likeness (QED) is 0.0832. The van der Waals surface area contributed by atoms with Crippen LogP contribution in [0, 0.1) is 18.3 Å². The third-order valence-electron chi connectivity index (χ3n) is 7.07. The molecule has 0 aliphatic carbocycles. The fourth-order valence-electron chi connectivity index (χ4n) is 5.08. The van der Waals surface area contributed by atoms with Gasteiger partial charge in [0.25, 0.3) is 0 Å². The Hall–Kier alpha value is -4.58. The summed E-state index contributed by atoms with van der Waals surface area (Å²) < 4.78 is 15.8. The summed E-state index contributed by atoms with van der Waals surface area (Å²) in [6, 6.07) is 11.4. The van der Waals surface area contributed by atoms with E-state index in [0.29, 0.717) is 37.1 Å². The van der Waals surface area contributed by atoms with Crippen LogP contribution in [0.5, 0.6) is 0 Å². The molecule has 0 atom stereocenters. The number of nitriles is 1. The third kappa shape index (κ3) is 8.00. The van der Waals surface area contributed by atoms with Crippen LogP contribution in [0.15, 0.2) is 35.9 Å². The molecule has 2 N–H and O–H groups in total. The molecule has 0 amide bonds. The van der Waals surface area contributed by atoms with Crippen molar-refractivity contribution < 1.29 is 28.6 Å². The predicted octanol–water partition coefficient (Wildman–Crippen LogP) is 5.69. The molecule has 0 saturated carbocycles. The van der Waals surface area contributed by atoms with Gasteiger partial charge in [0.2, 0.25) is 0 Å². The monoisotopic (exact) mass is 573 g/mol. The Kier molecular flexibility index (Phi) is 11.7. The number of benzene rings is 1. The Morgan fingerprint density at radius 3 is 2.24 bits per heavy atom. The van der Waals surface area contributed by atoms with Gasteiger partial charge >= 0.3 is 17.9 Å². The topological polar surface area (TPSA) is 134 Å². The number of aromatic amines is 2. The van der Waals surface area contributed by atoms with Gasteiger partial charge in [-0.15, -0.1) is 0 Å². The fraction of sp³-hybridized carbons (Fsp3) is 0.394. The zero-order valence-electron chi connectivity index (χ0n) is 25.0. The lowest BCUT2D eigenvalue weighted by atomic mass is 9.98. The molecule has 222 valence electrons. The Labute approximate surface area is 246 Å². The number of esters is 3. The van der Waals surface area contributed by atoms with Gasteiger partial charge in [-0.05, 0) is 73.4 Å². The van der Waals surface area contributed by atoms with Crippen LogP contribution in [0.4, 0.5) is 0 Å². The first kappa shape index (κ1) is 31.9. The second-order valence-corrected chi connectivity index (χ2v) is 9.84. The largest absolute Gasteiger partial charge is 0.466 e. The number of nitrogens with one attached hydrogen (secondary N) is 2. The molecule has 0 aliphatic heterocycles. The highest BCUT2D eigenvalue weighted by molar-refractivity contribution is 5.98. The average molecular weight is 574 g/mol. The minimum atomic E-state index is -0.662. The summed E-state index contributed by atoms with van der Waals surface area (Å²) in [6.45, 7) is 9.65. The van der Waals surface area contributed by atoms with Gasteiger partial charge < -0.3 is 24.2 Å². The average Bonchev–Trinajstić information content (AvgIpc) is 3.48. The van der Waals surface area contributed by atoms with Gasteiger partial charge in [-0.3, -0.25) is 4.79 Å². The van der Waals surface area contributed by atoms with Gasteiger partial charge in [0.15, 0.2) is 0 Å². The molecule has 9 nitrogen and oxygen atoms in total. The van der Waals surface area contributed by atoms with Gasteiger partial charge in [0.1, 0.15) is 23.9 Å². The Morgan fingerprint density at radius 2 is 1.62 bits per heavy atom. The number of nitrogens with zero attached hydrogens (tertiary/aromatic N) is 1. The van der Waals surface area contributed by atoms with E-state index in [0.717, 1.165) is 45.6 Å². The van der Waals surface area contributed by atoms with Crippen LogP contribution in [0.25, 0.3) is 6.08 Å². The summed E-state index contributed by atoms with van der Waals surface area (Å²) in [5.74, 6) is -1.45. The van der Waals surface area contributed by atoms with E-state index in [2.05, 4.69) is 16.9 Å². The van der Waals surface area contributed by atoms with Gasteiger partial charge in [-0.1, -0.05) is 44.2 Å². The van der Waals surface area contributed by atoms with Crippen molar-refractivity contribution in [3.63, 3.8) is 0 Å². The SMILES string of the molecule is CCOC(=O)/C(C#N)=C/c1[nH]c(Cc2[nH]c(C(=O)OCc3ccccc3)c(C)c2CCCOC(C)=O)c(CC)c1CC. The summed E-state index contributed by atoms with van der Waals surface area (Å²) in [5, 5.41) is 9.58. The first-order valence-electron chi connectivity index (χ1n) is 14.3. The van der Waals surface area contributed by atoms with Crippen LogP contribution in [-0.4, -0.2) is 41.1 Å². The van der Waals surface area contributed by atoms with Gasteiger partial charge in [-0.2, -0.15) is 5.26 Å². The number of ether oxygens (including phenoxy) is 3. The molecule has 0 saturated heterocycles. The van der Waals surface area contributed by atoms with E-state index >= 15 is 0 Å². The second kappa shape index (κ2) is 15.4. The van der Waals surface area contributed by atoms with Crippen LogP contribution < -0.4 is 0 Å². The maximum Gasteiger partial charge on any atom is 0.355 e. The molecule has 1 aromatic carbocycles. The summed E-state index contributed by atoms with van der Waals surface area (Å²) in [6.07, 6.45) is 4.62. The van der Waals surface area contributed by atoms with E-state index in [1.807, 2.05) is 50.2 Å². The molecule has 3 aromatic rings. The van der Waals surface area contributed by atoms with Gasteiger partial charge in [0, 0.05) is 30.4 Å². The molecule has 9 heteroatoms. The molecular weight excluding hydrogens is 534 g/mol. The molecule has 2 heterocycles. The van der Waals surface area contributed by atoms with Crippen LogP contribution in [0.3, 0.4) is 0 Å². The molecule has 0 fully saturated rings. The number of carbonyl (C=O) groups is 3. The molecular formula is C33H39N3O6. The van der Waals surface area contributed by atoms with E-state index < -0.39 is 11.9 Å². The van der Waals surface area contributed by atoms with E-state index in [-0.39, 0.29) is 31.4 Å². The standard InChI is InChI=1S/C33H39N3O6/c1-6-25-26(7-2)29(35-28(25)17-24(19-34)32(38)40-8-3)18-30-27(15-12-16-41-22(5)37)21(4)31(36-30)33(39)42-20-23-13-10-9-11-14-23/h9-11,13-14,17,35-36H,6-8,12,15-16,18,20H2,1-5H3/b24-17+. The number of carbonyl (C=O) groups excluding carboxylic acids is 3. The van der Waals surface area contributed by atoms with Crippen LogP contribution in [0.1, 0.15) is 89.5 Å². The molecule has 3 rings (SSSR count). The smallest absolute Gasteiger partial charge is 0.355 e. The van der Waals surface area contributed by atoms with Crippen molar-refractivity contribution in [3.8, 4) is 6.07 Å². The van der Waals surface area contributed by atoms with Crippen molar-refractivity contribution >= 4 is 24.0 Å². The van der Waals surface area contributed by atoms with Gasteiger partial charge in [-0.25, -0.2) is 9.59 Å². The molecule has 2 aromatic heterocycles. The first-order valence-corrected chi connectivity index (χ1v) is 14.3. The zero-order valence-corrected chi connectivity index (χ0v) is 25.0. The van der Waals surface area contributed by atoms with Crippen LogP contribution in [-0.2, 0) is 56.1 Å². The lowest BCUT2D eigenvalue weighted by Gasteiger charge is -2.08. The maximum atomic E-state index is 13.2. The highest BCUT2D eigenvalue weighted by Gasteiger charge is 2.23. The van der Waals surface area contributed by atoms with E-state index in [1.165, 1.54) is 6.92 Å². The summed E-state index contributed by atoms with van der Waals surface area (Å²) in [7, 11) is 0. The van der Waals surface area contributed by atoms with Crippen molar-refractivity contribution in [1.29, 1.82) is 5.26 Å². The van der Waals surface area contributed by atoms with Crippen molar-refractivity contribution in [1.82, 2.24) is 9.97 Å². The third-order valence-corrected chi connectivity index (χ3v) is 7.07. The summed E-state index contributed by atoms with van der Waals surface area (Å²) in [5.41, 5.74) is 7.54. The van der Waals surface area contributed by atoms with E-state index in [9.17, 15) is 19.6 Å². The van der Waals surface area contributed by atoms with Crippen molar-refractivity contribution in [2.75, 3.05) is 13.2 Å². The Morgan fingerprint density at radius 1 is 0.929 bits per heavy atom. The first-order chi connectivity index (χ1) is 20.2. The predicted molar refractivity (Wildman–Crippen MR) is 159 cm³/mol. The number of rotatable bonds is 14. The highest BCUT2D eigenvalue weighted by Crippen LogP contribution is 2.29. The minimum absolute atomic E-state index is 0.0765. The number of H-pyrrole nitrogens is 2. The molecule has 42 heavy (non-hydrogen) atoms. The number of aromatic nitrogens is 2. The molecule has 0 spiro atoms. The molecule has 0 aliphatic rings. The molecule has 0 radical (unpaired) electrons. The number of hydrogen-bond acceptors (Lipinski definition) is 7. The lowest BCUT2D eigenvalue weighted by molar-refractivity contribution is -0.141. The highest BCUT2D eigenvalue weighted by atomic mass is 16.5. The molecule has 0 unspecified atom stereocenters. The van der Waals surface area contributed by atoms with E-state index in [1.54, 1.807) is 13.0 Å². The van der Waals surface area contributed by atoms with Gasteiger partial charge in [0.05, 0.1) is 13.2 Å².